The van der Waals surface area contributed by atoms with Crippen LogP contribution in [-0.2, 0) is 5.33 Å². The largest absolute Gasteiger partial charge is 0.383 e. The Morgan fingerprint density at radius 2 is 2.15 bits per heavy atom. The molecule has 2 nitrogen and oxygen atoms in total. The monoisotopic (exact) mass is 254 g/mol. The second-order valence-corrected chi connectivity index (χ2v) is 2.89. The molecule has 1 rings (SSSR count). The summed E-state index contributed by atoms with van der Waals surface area (Å²) in [5, 5.41) is 0.275. The molecule has 0 unspecified atom stereocenters. The van der Waals surface area contributed by atoms with Crippen molar-refractivity contribution in [1.82, 2.24) is 4.98 Å². The van der Waals surface area contributed by atoms with Gasteiger partial charge in [-0.2, -0.15) is 0 Å². The first-order valence-corrected chi connectivity index (χ1v) is 4.47. The lowest BCUT2D eigenvalue weighted by Crippen LogP contribution is -2.04. The average molecular weight is 255 g/mol. The quantitative estimate of drug-likeness (QED) is 0.825. The van der Waals surface area contributed by atoms with Crippen LogP contribution in [0.1, 0.15) is 17.7 Å². The van der Waals surface area contributed by atoms with Gasteiger partial charge in [0.05, 0.1) is 11.3 Å². The minimum atomic E-state index is -2.93. The van der Waals surface area contributed by atoms with Gasteiger partial charge in [-0.3, -0.25) is 0 Å². The summed E-state index contributed by atoms with van der Waals surface area (Å²) >= 11 is 3.02. The number of rotatable bonds is 2. The topological polar surface area (TPSA) is 38.9 Å². The Morgan fingerprint density at radius 1 is 1.54 bits per heavy atom. The fourth-order valence-electron chi connectivity index (χ4n) is 0.878. The van der Waals surface area contributed by atoms with Gasteiger partial charge in [-0.1, -0.05) is 15.9 Å². The van der Waals surface area contributed by atoms with Crippen molar-refractivity contribution >= 4 is 21.7 Å². The molecule has 0 radical (unpaired) electrons. The third kappa shape index (κ3) is 2.12. The zero-order valence-corrected chi connectivity index (χ0v) is 7.98. The number of nitrogens with zero attached hydrogens (tertiary/aromatic N) is 1. The Balaban J connectivity index is 3.23. The number of nitrogens with two attached hydrogens (primary N) is 1. The van der Waals surface area contributed by atoms with E-state index in [1.807, 2.05) is 0 Å². The minimum Gasteiger partial charge on any atom is -0.383 e. The second-order valence-electron chi connectivity index (χ2n) is 2.33. The number of hydrogen-bond acceptors (Lipinski definition) is 2. The molecule has 0 aliphatic heterocycles. The predicted molar refractivity (Wildman–Crippen MR) is 46.2 cm³/mol. The van der Waals surface area contributed by atoms with Crippen molar-refractivity contribution in [2.45, 2.75) is 11.8 Å². The summed E-state index contributed by atoms with van der Waals surface area (Å²) in [6, 6.07) is 0.937. The Hall–Kier alpha value is -0.780. The molecule has 0 spiro atoms. The number of hydrogen-bond donors (Lipinski definition) is 1. The Kier molecular flexibility index (Phi) is 3.13. The summed E-state index contributed by atoms with van der Waals surface area (Å²) in [5.41, 5.74) is 4.61. The van der Waals surface area contributed by atoms with Gasteiger partial charge in [-0.25, -0.2) is 18.2 Å². The number of halogens is 4. The molecule has 2 N–H and O–H groups in total. The van der Waals surface area contributed by atoms with Gasteiger partial charge in [-0.15, -0.1) is 0 Å². The van der Waals surface area contributed by atoms with E-state index in [0.29, 0.717) is 5.69 Å². The molecular weight excluding hydrogens is 249 g/mol. The van der Waals surface area contributed by atoms with Crippen molar-refractivity contribution in [2.75, 3.05) is 5.73 Å². The van der Waals surface area contributed by atoms with Crippen LogP contribution in [0.15, 0.2) is 6.07 Å². The van der Waals surface area contributed by atoms with E-state index in [-0.39, 0.29) is 5.33 Å². The summed E-state index contributed by atoms with van der Waals surface area (Å²) in [7, 11) is 0. The van der Waals surface area contributed by atoms with Crippen LogP contribution < -0.4 is 5.73 Å². The first kappa shape index (κ1) is 10.3. The Morgan fingerprint density at radius 3 is 2.54 bits per heavy atom. The number of alkyl halides is 3. The van der Waals surface area contributed by atoms with Crippen LogP contribution in [0.25, 0.3) is 0 Å². The van der Waals surface area contributed by atoms with Crippen LogP contribution in [-0.4, -0.2) is 4.98 Å². The summed E-state index contributed by atoms with van der Waals surface area (Å²) in [5.74, 6) is -1.47. The number of pyridine rings is 1. The van der Waals surface area contributed by atoms with Crippen LogP contribution in [0.5, 0.6) is 0 Å². The van der Waals surface area contributed by atoms with Gasteiger partial charge in [0.25, 0.3) is 6.43 Å². The number of anilines is 1. The lowest BCUT2D eigenvalue weighted by atomic mass is 10.2. The molecule has 0 aliphatic rings. The molecule has 0 bridgehead atoms. The van der Waals surface area contributed by atoms with E-state index in [1.165, 1.54) is 0 Å². The van der Waals surface area contributed by atoms with Gasteiger partial charge in [0.2, 0.25) is 0 Å². The summed E-state index contributed by atoms with van der Waals surface area (Å²) in [6.07, 6.45) is -2.93. The molecular formula is C7H6BrF3N2. The number of nitrogen functional groups attached to an aromatic ring is 1. The fraction of sp³-hybridized carbons (Fsp3) is 0.286. The molecule has 13 heavy (non-hydrogen) atoms. The van der Waals surface area contributed by atoms with E-state index in [4.69, 9.17) is 5.73 Å². The van der Waals surface area contributed by atoms with Gasteiger partial charge in [-0.05, 0) is 6.07 Å². The first-order chi connectivity index (χ1) is 6.06. The van der Waals surface area contributed by atoms with E-state index < -0.39 is 23.6 Å². The predicted octanol–water partition coefficient (Wildman–Crippen LogP) is 2.64. The fourth-order valence-corrected chi connectivity index (χ4v) is 1.17. The highest BCUT2D eigenvalue weighted by molar-refractivity contribution is 9.08. The highest BCUT2D eigenvalue weighted by Crippen LogP contribution is 2.27. The standard InChI is InChI=1S/C7H6BrF3N2/c8-2-3-1-4(9)5(6(10)11)7(12)13-3/h1,6H,2H2,(H2,12,13). The summed E-state index contributed by atoms with van der Waals surface area (Å²) < 4.78 is 37.2. The summed E-state index contributed by atoms with van der Waals surface area (Å²) in [6.45, 7) is 0. The van der Waals surface area contributed by atoms with Crippen molar-refractivity contribution in [3.63, 3.8) is 0 Å². The molecule has 0 amide bonds. The van der Waals surface area contributed by atoms with E-state index >= 15 is 0 Å². The molecule has 0 saturated carbocycles. The molecule has 72 valence electrons. The SMILES string of the molecule is Nc1nc(CBr)cc(F)c1C(F)F. The smallest absolute Gasteiger partial charge is 0.270 e. The van der Waals surface area contributed by atoms with Crippen molar-refractivity contribution in [1.29, 1.82) is 0 Å². The van der Waals surface area contributed by atoms with Crippen molar-refractivity contribution in [3.8, 4) is 0 Å². The highest BCUT2D eigenvalue weighted by Gasteiger charge is 2.18. The molecule has 1 aromatic heterocycles. The van der Waals surface area contributed by atoms with Gasteiger partial charge >= 0.3 is 0 Å². The zero-order chi connectivity index (χ0) is 10.0. The molecule has 0 aliphatic carbocycles. The lowest BCUT2D eigenvalue weighted by Gasteiger charge is -2.06. The molecule has 6 heteroatoms. The minimum absolute atomic E-state index is 0.275. The Labute approximate surface area is 81.1 Å². The average Bonchev–Trinajstić information content (AvgIpc) is 2.02. The number of aromatic nitrogens is 1. The molecule has 1 aromatic rings. The normalized spacial score (nSPS) is 10.8. The van der Waals surface area contributed by atoms with Crippen molar-refractivity contribution in [3.05, 3.63) is 23.1 Å². The second kappa shape index (κ2) is 3.95. The molecule has 0 saturated heterocycles. The van der Waals surface area contributed by atoms with Crippen molar-refractivity contribution < 1.29 is 13.2 Å². The third-order valence-electron chi connectivity index (χ3n) is 1.45. The first-order valence-electron chi connectivity index (χ1n) is 3.35. The van der Waals surface area contributed by atoms with Crippen LogP contribution in [0.4, 0.5) is 19.0 Å². The van der Waals surface area contributed by atoms with Crippen LogP contribution in [0.3, 0.4) is 0 Å². The summed E-state index contributed by atoms with van der Waals surface area (Å²) in [4.78, 5) is 3.58. The van der Waals surface area contributed by atoms with Crippen LogP contribution in [0.2, 0.25) is 0 Å². The van der Waals surface area contributed by atoms with E-state index in [2.05, 4.69) is 20.9 Å². The molecule has 1 heterocycles. The lowest BCUT2D eigenvalue weighted by molar-refractivity contribution is 0.147. The van der Waals surface area contributed by atoms with Gasteiger partial charge in [0.15, 0.2) is 0 Å². The molecule has 0 fully saturated rings. The maximum Gasteiger partial charge on any atom is 0.270 e. The van der Waals surface area contributed by atoms with E-state index in [9.17, 15) is 13.2 Å². The maximum absolute atomic E-state index is 12.9. The van der Waals surface area contributed by atoms with E-state index in [0.717, 1.165) is 6.07 Å². The van der Waals surface area contributed by atoms with Crippen LogP contribution >= 0.6 is 15.9 Å². The maximum atomic E-state index is 12.9. The van der Waals surface area contributed by atoms with Gasteiger partial charge in [0, 0.05) is 5.33 Å². The molecule has 0 atom stereocenters. The molecule has 0 aromatic carbocycles. The van der Waals surface area contributed by atoms with Gasteiger partial charge in [0.1, 0.15) is 11.6 Å². The van der Waals surface area contributed by atoms with Crippen molar-refractivity contribution in [2.24, 2.45) is 0 Å². The zero-order valence-electron chi connectivity index (χ0n) is 6.40. The van der Waals surface area contributed by atoms with Gasteiger partial charge < -0.3 is 5.73 Å². The van der Waals surface area contributed by atoms with E-state index in [1.54, 1.807) is 0 Å². The third-order valence-corrected chi connectivity index (χ3v) is 2.02. The Bertz CT molecular complexity index is 294. The van der Waals surface area contributed by atoms with Crippen LogP contribution in [0, 0.1) is 5.82 Å². The highest BCUT2D eigenvalue weighted by atomic mass is 79.9.